The molecule has 0 amide bonds. The molecule has 1 heterocycles. The Kier molecular flexibility index (Phi) is 4.98. The molecule has 0 unspecified atom stereocenters. The molecule has 0 radical (unpaired) electrons. The van der Waals surface area contributed by atoms with Gasteiger partial charge in [0.1, 0.15) is 0 Å². The van der Waals surface area contributed by atoms with Crippen LogP contribution in [0.25, 0.3) is 11.1 Å². The maximum Gasteiger partial charge on any atom is 0.0674 e. The molecule has 1 aliphatic rings. The van der Waals surface area contributed by atoms with Crippen LogP contribution in [0, 0.1) is 13.8 Å². The molecule has 1 atom stereocenters. The van der Waals surface area contributed by atoms with Gasteiger partial charge in [-0.15, -0.1) is 12.4 Å². The van der Waals surface area contributed by atoms with Crippen LogP contribution in [-0.4, -0.2) is 34.8 Å². The standard InChI is InChI=1S/C18H25N3.ClH/c1-12-18(13(2)21(5)19-12)17-8-6-7-14-11-15(20(3)4)9-10-16(14)17;/h6-8,15H,9-11H2,1-5H3;1H/t15-;/m1./s1. The molecule has 1 aromatic carbocycles. The normalized spacial score (nSPS) is 17.3. The molecule has 22 heavy (non-hydrogen) atoms. The van der Waals surface area contributed by atoms with Crippen molar-refractivity contribution in [3.63, 3.8) is 0 Å². The van der Waals surface area contributed by atoms with Crippen LogP contribution in [0.4, 0.5) is 0 Å². The topological polar surface area (TPSA) is 21.1 Å². The minimum absolute atomic E-state index is 0. The second-order valence-corrected chi connectivity index (χ2v) is 6.47. The van der Waals surface area contributed by atoms with Gasteiger partial charge >= 0.3 is 0 Å². The van der Waals surface area contributed by atoms with E-state index in [9.17, 15) is 0 Å². The summed E-state index contributed by atoms with van der Waals surface area (Å²) in [7, 11) is 6.41. The number of hydrogen-bond acceptors (Lipinski definition) is 2. The number of hydrogen-bond donors (Lipinski definition) is 0. The molecule has 3 nitrogen and oxygen atoms in total. The molecule has 4 heteroatoms. The number of benzene rings is 1. The van der Waals surface area contributed by atoms with E-state index in [0.29, 0.717) is 6.04 Å². The summed E-state index contributed by atoms with van der Waals surface area (Å²) < 4.78 is 2.00. The highest BCUT2D eigenvalue weighted by Gasteiger charge is 2.24. The van der Waals surface area contributed by atoms with Gasteiger partial charge < -0.3 is 4.90 Å². The number of fused-ring (bicyclic) bond motifs is 1. The van der Waals surface area contributed by atoms with Crippen LogP contribution in [0.3, 0.4) is 0 Å². The van der Waals surface area contributed by atoms with Crippen molar-refractivity contribution in [3.05, 3.63) is 40.7 Å². The van der Waals surface area contributed by atoms with Gasteiger partial charge in [-0.1, -0.05) is 18.2 Å². The summed E-state index contributed by atoms with van der Waals surface area (Å²) in [6.07, 6.45) is 3.58. The summed E-state index contributed by atoms with van der Waals surface area (Å²) in [6, 6.07) is 7.45. The molecule has 0 N–H and O–H groups in total. The fourth-order valence-corrected chi connectivity index (χ4v) is 3.63. The minimum atomic E-state index is 0. The van der Waals surface area contributed by atoms with Crippen LogP contribution in [0.15, 0.2) is 18.2 Å². The summed E-state index contributed by atoms with van der Waals surface area (Å²) >= 11 is 0. The summed E-state index contributed by atoms with van der Waals surface area (Å²) in [5.41, 5.74) is 8.18. The van der Waals surface area contributed by atoms with Gasteiger partial charge in [0.15, 0.2) is 0 Å². The molecule has 0 spiro atoms. The van der Waals surface area contributed by atoms with E-state index < -0.39 is 0 Å². The molecular formula is C18H26ClN3. The number of aromatic nitrogens is 2. The van der Waals surface area contributed by atoms with E-state index in [0.717, 1.165) is 12.1 Å². The predicted octanol–water partition coefficient (Wildman–Crippen LogP) is 3.54. The Morgan fingerprint density at radius 1 is 1.23 bits per heavy atom. The molecule has 0 saturated heterocycles. The lowest BCUT2D eigenvalue weighted by Crippen LogP contribution is -2.33. The molecule has 0 saturated carbocycles. The van der Waals surface area contributed by atoms with Gasteiger partial charge in [-0.2, -0.15) is 5.10 Å². The summed E-state index contributed by atoms with van der Waals surface area (Å²) in [4.78, 5) is 2.36. The molecule has 0 fully saturated rings. The van der Waals surface area contributed by atoms with E-state index in [1.807, 2.05) is 11.7 Å². The number of aryl methyl sites for hydroxylation is 2. The van der Waals surface area contributed by atoms with Gasteiger partial charge in [-0.25, -0.2) is 0 Å². The first-order valence-corrected chi connectivity index (χ1v) is 7.76. The van der Waals surface area contributed by atoms with Crippen LogP contribution >= 0.6 is 12.4 Å². The number of nitrogens with zero attached hydrogens (tertiary/aromatic N) is 3. The molecule has 3 rings (SSSR count). The molecule has 1 aliphatic carbocycles. The van der Waals surface area contributed by atoms with E-state index in [-0.39, 0.29) is 12.4 Å². The Bertz CT molecular complexity index is 673. The van der Waals surface area contributed by atoms with Crippen molar-refractivity contribution in [1.29, 1.82) is 0 Å². The van der Waals surface area contributed by atoms with E-state index in [2.05, 4.69) is 56.1 Å². The lowest BCUT2D eigenvalue weighted by Gasteiger charge is -2.31. The minimum Gasteiger partial charge on any atom is -0.306 e. The van der Waals surface area contributed by atoms with E-state index in [1.165, 1.54) is 40.8 Å². The summed E-state index contributed by atoms with van der Waals surface area (Å²) in [5.74, 6) is 0. The fourth-order valence-electron chi connectivity index (χ4n) is 3.63. The molecule has 1 aromatic heterocycles. The van der Waals surface area contributed by atoms with Crippen molar-refractivity contribution in [2.24, 2.45) is 7.05 Å². The van der Waals surface area contributed by atoms with Crippen LogP contribution in [0.1, 0.15) is 28.9 Å². The van der Waals surface area contributed by atoms with Crippen molar-refractivity contribution in [2.45, 2.75) is 39.2 Å². The Balaban J connectivity index is 0.00000176. The Morgan fingerprint density at radius 3 is 2.55 bits per heavy atom. The number of rotatable bonds is 2. The Morgan fingerprint density at radius 2 is 1.95 bits per heavy atom. The molecule has 120 valence electrons. The van der Waals surface area contributed by atoms with Gasteiger partial charge in [-0.3, -0.25) is 4.68 Å². The highest BCUT2D eigenvalue weighted by atomic mass is 35.5. The zero-order chi connectivity index (χ0) is 15.1. The van der Waals surface area contributed by atoms with Gasteiger partial charge in [0.05, 0.1) is 5.69 Å². The Labute approximate surface area is 139 Å². The first kappa shape index (κ1) is 17.0. The third-order valence-electron chi connectivity index (χ3n) is 4.96. The lowest BCUT2D eigenvalue weighted by molar-refractivity contribution is 0.268. The summed E-state index contributed by atoms with van der Waals surface area (Å²) in [5, 5.41) is 4.59. The van der Waals surface area contributed by atoms with Crippen molar-refractivity contribution in [3.8, 4) is 11.1 Å². The highest BCUT2D eigenvalue weighted by Crippen LogP contribution is 2.35. The average Bonchev–Trinajstić information content (AvgIpc) is 2.71. The Hall–Kier alpha value is -1.32. The number of likely N-dealkylation sites (N-methyl/N-ethyl adjacent to an activating group) is 1. The highest BCUT2D eigenvalue weighted by molar-refractivity contribution is 5.85. The monoisotopic (exact) mass is 319 g/mol. The van der Waals surface area contributed by atoms with Crippen LogP contribution in [0.2, 0.25) is 0 Å². The average molecular weight is 320 g/mol. The lowest BCUT2D eigenvalue weighted by atomic mass is 9.83. The van der Waals surface area contributed by atoms with E-state index >= 15 is 0 Å². The smallest absolute Gasteiger partial charge is 0.0674 e. The molecular weight excluding hydrogens is 294 g/mol. The zero-order valence-electron chi connectivity index (χ0n) is 14.2. The van der Waals surface area contributed by atoms with Crippen molar-refractivity contribution in [1.82, 2.24) is 14.7 Å². The van der Waals surface area contributed by atoms with Gasteiger partial charge in [-0.05, 0) is 63.9 Å². The quantitative estimate of drug-likeness (QED) is 0.844. The van der Waals surface area contributed by atoms with Crippen molar-refractivity contribution >= 4 is 12.4 Å². The SMILES string of the molecule is Cc1nn(C)c(C)c1-c1cccc2c1CC[C@@H](N(C)C)C2.Cl. The van der Waals surface area contributed by atoms with Gasteiger partial charge in [0.2, 0.25) is 0 Å². The molecule has 0 aliphatic heterocycles. The molecule has 2 aromatic rings. The van der Waals surface area contributed by atoms with Crippen molar-refractivity contribution in [2.75, 3.05) is 14.1 Å². The van der Waals surface area contributed by atoms with Gasteiger partial charge in [0, 0.05) is 24.3 Å². The maximum atomic E-state index is 4.59. The van der Waals surface area contributed by atoms with E-state index in [4.69, 9.17) is 0 Å². The van der Waals surface area contributed by atoms with Gasteiger partial charge in [0.25, 0.3) is 0 Å². The van der Waals surface area contributed by atoms with Crippen LogP contribution in [0.5, 0.6) is 0 Å². The second-order valence-electron chi connectivity index (χ2n) is 6.47. The largest absolute Gasteiger partial charge is 0.306 e. The fraction of sp³-hybridized carbons (Fsp3) is 0.500. The first-order valence-electron chi connectivity index (χ1n) is 7.76. The van der Waals surface area contributed by atoms with Crippen molar-refractivity contribution < 1.29 is 0 Å². The predicted molar refractivity (Wildman–Crippen MR) is 94.9 cm³/mol. The molecule has 0 bridgehead atoms. The van der Waals surface area contributed by atoms with Crippen LogP contribution in [-0.2, 0) is 19.9 Å². The third-order valence-corrected chi connectivity index (χ3v) is 4.96. The van der Waals surface area contributed by atoms with E-state index in [1.54, 1.807) is 0 Å². The maximum absolute atomic E-state index is 4.59. The first-order chi connectivity index (χ1) is 9.99. The zero-order valence-corrected chi connectivity index (χ0v) is 15.0. The van der Waals surface area contributed by atoms with Crippen LogP contribution < -0.4 is 0 Å². The summed E-state index contributed by atoms with van der Waals surface area (Å²) in [6.45, 7) is 4.29. The second kappa shape index (κ2) is 6.43. The third kappa shape index (κ3) is 2.80. The number of halogens is 1.